The van der Waals surface area contributed by atoms with E-state index < -0.39 is 0 Å². The third-order valence-corrected chi connectivity index (χ3v) is 5.84. The second-order valence-electron chi connectivity index (χ2n) is 7.60. The number of morpholine rings is 1. The number of ether oxygens (including phenoxy) is 1. The lowest BCUT2D eigenvalue weighted by Crippen LogP contribution is -2.43. The van der Waals surface area contributed by atoms with Gasteiger partial charge in [-0.15, -0.1) is 0 Å². The van der Waals surface area contributed by atoms with Gasteiger partial charge in [-0.1, -0.05) is 12.1 Å². The van der Waals surface area contributed by atoms with E-state index in [2.05, 4.69) is 15.2 Å². The Morgan fingerprint density at radius 2 is 2.00 bits per heavy atom. The molecule has 1 saturated heterocycles. The zero-order chi connectivity index (χ0) is 21.8. The molecule has 31 heavy (non-hydrogen) atoms. The first kappa shape index (κ1) is 21.5. The topological polar surface area (TPSA) is 92.5 Å². The smallest absolute Gasteiger partial charge is 0.262 e. The van der Waals surface area contributed by atoms with Gasteiger partial charge in [-0.3, -0.25) is 19.1 Å². The van der Waals surface area contributed by atoms with Crippen molar-refractivity contribution in [3.63, 3.8) is 0 Å². The van der Waals surface area contributed by atoms with Crippen molar-refractivity contribution in [1.29, 1.82) is 0 Å². The predicted octanol–water partition coefficient (Wildman–Crippen LogP) is 2.54. The van der Waals surface area contributed by atoms with Crippen LogP contribution in [0, 0.1) is 11.7 Å². The molecule has 2 N–H and O–H groups in total. The standard InChI is InChI=1S/C22H26N4O4S/c1-15-6-7-19(30-15)18(25-10-12-29-13-11-25)14-23-20(27)8-9-26-21(28)16-4-2-3-5-17(16)24-22(26)31/h2-7,18H,8-14H2,1H3,(H,23,27)(H,24,31). The largest absolute Gasteiger partial charge is 0.465 e. The van der Waals surface area contributed by atoms with Crippen LogP contribution in [0.25, 0.3) is 10.9 Å². The second-order valence-corrected chi connectivity index (χ2v) is 7.99. The molecule has 4 rings (SSSR count). The highest BCUT2D eigenvalue weighted by atomic mass is 32.1. The van der Waals surface area contributed by atoms with Gasteiger partial charge in [0.2, 0.25) is 5.91 Å². The zero-order valence-electron chi connectivity index (χ0n) is 17.4. The molecule has 0 spiro atoms. The molecule has 1 amide bonds. The Bertz CT molecular complexity index is 1180. The van der Waals surface area contributed by atoms with Crippen LogP contribution in [0.4, 0.5) is 0 Å². The van der Waals surface area contributed by atoms with Crippen LogP contribution in [0.15, 0.2) is 45.6 Å². The molecule has 164 valence electrons. The highest BCUT2D eigenvalue weighted by molar-refractivity contribution is 7.71. The molecule has 2 aromatic heterocycles. The van der Waals surface area contributed by atoms with Crippen molar-refractivity contribution in [3.05, 3.63) is 63.0 Å². The lowest BCUT2D eigenvalue weighted by molar-refractivity contribution is -0.121. The fourth-order valence-electron chi connectivity index (χ4n) is 3.85. The van der Waals surface area contributed by atoms with Crippen molar-refractivity contribution in [2.24, 2.45) is 0 Å². The molecule has 9 heteroatoms. The summed E-state index contributed by atoms with van der Waals surface area (Å²) in [6, 6.07) is 11.0. The molecule has 0 saturated carbocycles. The van der Waals surface area contributed by atoms with Gasteiger partial charge in [0.25, 0.3) is 5.56 Å². The number of hydrogen-bond donors (Lipinski definition) is 2. The van der Waals surface area contributed by atoms with E-state index in [9.17, 15) is 9.59 Å². The van der Waals surface area contributed by atoms with E-state index in [1.165, 1.54) is 4.57 Å². The minimum absolute atomic E-state index is 0.0622. The summed E-state index contributed by atoms with van der Waals surface area (Å²) in [5.41, 5.74) is 0.504. The number of hydrogen-bond acceptors (Lipinski definition) is 6. The number of aryl methyl sites for hydroxylation is 1. The Kier molecular flexibility index (Phi) is 6.64. The first-order valence-corrected chi connectivity index (χ1v) is 10.8. The quantitative estimate of drug-likeness (QED) is 0.547. The lowest BCUT2D eigenvalue weighted by atomic mass is 10.1. The molecule has 8 nitrogen and oxygen atoms in total. The van der Waals surface area contributed by atoms with Crippen LogP contribution in [-0.2, 0) is 16.1 Å². The molecule has 1 atom stereocenters. The molecular formula is C22H26N4O4S. The first-order chi connectivity index (χ1) is 15.0. The minimum Gasteiger partial charge on any atom is -0.465 e. The summed E-state index contributed by atoms with van der Waals surface area (Å²) in [6.07, 6.45) is 0.155. The third kappa shape index (κ3) is 4.95. The zero-order valence-corrected chi connectivity index (χ0v) is 18.2. The number of para-hydroxylation sites is 1. The van der Waals surface area contributed by atoms with Gasteiger partial charge in [0, 0.05) is 32.6 Å². The maximum Gasteiger partial charge on any atom is 0.262 e. The number of carbonyl (C=O) groups is 1. The van der Waals surface area contributed by atoms with Crippen molar-refractivity contribution in [2.45, 2.75) is 25.9 Å². The van der Waals surface area contributed by atoms with E-state index in [4.69, 9.17) is 21.4 Å². The van der Waals surface area contributed by atoms with Crippen molar-refractivity contribution in [2.75, 3.05) is 32.8 Å². The van der Waals surface area contributed by atoms with Gasteiger partial charge in [0.1, 0.15) is 11.5 Å². The number of nitrogens with zero attached hydrogens (tertiary/aromatic N) is 2. The Morgan fingerprint density at radius 3 is 2.74 bits per heavy atom. The SMILES string of the molecule is Cc1ccc(C(CNC(=O)CCn2c(=S)[nH]c3ccccc3c2=O)N2CCOCC2)o1. The van der Waals surface area contributed by atoms with Gasteiger partial charge in [0.05, 0.1) is 30.2 Å². The van der Waals surface area contributed by atoms with Crippen molar-refractivity contribution >= 4 is 29.0 Å². The summed E-state index contributed by atoms with van der Waals surface area (Å²) in [7, 11) is 0. The number of fused-ring (bicyclic) bond motifs is 1. The summed E-state index contributed by atoms with van der Waals surface area (Å²) in [5.74, 6) is 1.52. The Morgan fingerprint density at radius 1 is 1.23 bits per heavy atom. The van der Waals surface area contributed by atoms with E-state index in [0.29, 0.717) is 35.4 Å². The Labute approximate surface area is 184 Å². The Balaban J connectivity index is 1.41. The van der Waals surface area contributed by atoms with Crippen LogP contribution in [0.3, 0.4) is 0 Å². The summed E-state index contributed by atoms with van der Waals surface area (Å²) in [6.45, 7) is 5.42. The van der Waals surface area contributed by atoms with Gasteiger partial charge in [-0.2, -0.15) is 0 Å². The summed E-state index contributed by atoms with van der Waals surface area (Å²) in [5, 5.41) is 3.55. The maximum atomic E-state index is 12.7. The normalized spacial score (nSPS) is 15.8. The van der Waals surface area contributed by atoms with Crippen LogP contribution in [0.1, 0.15) is 24.0 Å². The van der Waals surface area contributed by atoms with Crippen molar-refractivity contribution in [1.82, 2.24) is 19.8 Å². The molecule has 0 aliphatic carbocycles. The summed E-state index contributed by atoms with van der Waals surface area (Å²) in [4.78, 5) is 30.6. The van der Waals surface area contributed by atoms with E-state index in [1.807, 2.05) is 31.2 Å². The number of rotatable bonds is 7. The Hall–Kier alpha value is -2.75. The molecule has 1 fully saturated rings. The molecule has 1 unspecified atom stereocenters. The van der Waals surface area contributed by atoms with Crippen LogP contribution >= 0.6 is 12.2 Å². The predicted molar refractivity (Wildman–Crippen MR) is 120 cm³/mol. The number of aromatic amines is 1. The summed E-state index contributed by atoms with van der Waals surface area (Å²) < 4.78 is 13.0. The highest BCUT2D eigenvalue weighted by Gasteiger charge is 2.25. The third-order valence-electron chi connectivity index (χ3n) is 5.52. The lowest BCUT2D eigenvalue weighted by Gasteiger charge is -2.33. The van der Waals surface area contributed by atoms with Gasteiger partial charge in [0.15, 0.2) is 4.77 Å². The molecule has 1 aliphatic heterocycles. The minimum atomic E-state index is -0.190. The number of benzene rings is 1. The number of amides is 1. The number of H-pyrrole nitrogens is 1. The molecule has 3 aromatic rings. The van der Waals surface area contributed by atoms with E-state index in [-0.39, 0.29) is 30.5 Å². The first-order valence-electron chi connectivity index (χ1n) is 10.4. The average molecular weight is 443 g/mol. The van der Waals surface area contributed by atoms with Gasteiger partial charge in [-0.25, -0.2) is 0 Å². The highest BCUT2D eigenvalue weighted by Crippen LogP contribution is 2.23. The maximum absolute atomic E-state index is 12.7. The number of furan rings is 1. The van der Waals surface area contributed by atoms with E-state index >= 15 is 0 Å². The van der Waals surface area contributed by atoms with Crippen LogP contribution in [0.2, 0.25) is 0 Å². The van der Waals surface area contributed by atoms with Crippen molar-refractivity contribution in [3.8, 4) is 0 Å². The van der Waals surface area contributed by atoms with Crippen LogP contribution in [0.5, 0.6) is 0 Å². The fourth-order valence-corrected chi connectivity index (χ4v) is 4.13. The molecule has 3 heterocycles. The molecular weight excluding hydrogens is 416 g/mol. The average Bonchev–Trinajstić information content (AvgIpc) is 3.20. The van der Waals surface area contributed by atoms with Gasteiger partial charge < -0.3 is 19.5 Å². The molecule has 0 bridgehead atoms. The fraction of sp³-hybridized carbons (Fsp3) is 0.409. The molecule has 0 radical (unpaired) electrons. The number of nitrogens with one attached hydrogen (secondary N) is 2. The van der Waals surface area contributed by atoms with Crippen LogP contribution < -0.4 is 10.9 Å². The molecule has 1 aliphatic rings. The monoisotopic (exact) mass is 442 g/mol. The van der Waals surface area contributed by atoms with Crippen LogP contribution in [-0.4, -0.2) is 53.2 Å². The van der Waals surface area contributed by atoms with Gasteiger partial charge in [-0.05, 0) is 43.4 Å². The number of carbonyl (C=O) groups excluding carboxylic acids is 1. The van der Waals surface area contributed by atoms with E-state index in [0.717, 1.165) is 24.6 Å². The van der Waals surface area contributed by atoms with Crippen molar-refractivity contribution < 1.29 is 13.9 Å². The number of aromatic nitrogens is 2. The molecule has 1 aromatic carbocycles. The van der Waals surface area contributed by atoms with E-state index in [1.54, 1.807) is 12.1 Å². The second kappa shape index (κ2) is 9.59. The summed E-state index contributed by atoms with van der Waals surface area (Å²) >= 11 is 5.32. The van der Waals surface area contributed by atoms with Gasteiger partial charge >= 0.3 is 0 Å².